The van der Waals surface area contributed by atoms with Crippen LogP contribution in [0.25, 0.3) is 0 Å². The molecule has 0 atom stereocenters. The van der Waals surface area contributed by atoms with E-state index in [-0.39, 0.29) is 11.4 Å². The number of carbonyl (C=O) groups is 1. The first-order valence-electron chi connectivity index (χ1n) is 4.61. The molecule has 1 rings (SSSR count). The Bertz CT molecular complexity index is 496. The van der Waals surface area contributed by atoms with Crippen LogP contribution >= 0.6 is 0 Å². The minimum absolute atomic E-state index is 0.0910. The summed E-state index contributed by atoms with van der Waals surface area (Å²) in [5.41, 5.74) is 5.55. The lowest BCUT2D eigenvalue weighted by atomic mass is 10.3. The van der Waals surface area contributed by atoms with Crippen LogP contribution < -0.4 is 10.5 Å². The maximum atomic E-state index is 11.6. The van der Waals surface area contributed by atoms with Crippen molar-refractivity contribution in [2.45, 2.75) is 19.1 Å². The number of carbonyl (C=O) groups excluding carboxylic acids is 1. The van der Waals surface area contributed by atoms with Crippen LogP contribution in [0.15, 0.2) is 18.3 Å². The highest BCUT2D eigenvalue weighted by molar-refractivity contribution is 7.90. The van der Waals surface area contributed by atoms with E-state index in [9.17, 15) is 13.2 Å². The van der Waals surface area contributed by atoms with Gasteiger partial charge in [0.25, 0.3) is 5.91 Å². The van der Waals surface area contributed by atoms with Crippen LogP contribution in [0.3, 0.4) is 0 Å². The molecule has 0 unspecified atom stereocenters. The Kier molecular flexibility index (Phi) is 3.48. The quantitative estimate of drug-likeness (QED) is 0.785. The van der Waals surface area contributed by atoms with Crippen molar-refractivity contribution in [2.24, 2.45) is 0 Å². The number of nitrogens with zero attached hydrogens (tertiary/aromatic N) is 1. The number of hydrogen-bond acceptors (Lipinski definition) is 5. The molecule has 88 valence electrons. The molecule has 1 aromatic heterocycles. The predicted octanol–water partition coefficient (Wildman–Crippen LogP) is 0.132. The average molecular weight is 243 g/mol. The number of sulfonamides is 1. The van der Waals surface area contributed by atoms with Crippen LogP contribution in [0.2, 0.25) is 0 Å². The van der Waals surface area contributed by atoms with Crippen molar-refractivity contribution < 1.29 is 13.2 Å². The lowest BCUT2D eigenvalue weighted by Gasteiger charge is -2.09. The van der Waals surface area contributed by atoms with Crippen molar-refractivity contribution in [3.05, 3.63) is 24.0 Å². The molecule has 3 N–H and O–H groups in total. The van der Waals surface area contributed by atoms with Crippen LogP contribution in [-0.2, 0) is 10.0 Å². The summed E-state index contributed by atoms with van der Waals surface area (Å²) in [5.74, 6) is -0.813. The van der Waals surface area contributed by atoms with Gasteiger partial charge in [-0.3, -0.25) is 4.79 Å². The van der Waals surface area contributed by atoms with Gasteiger partial charge in [0, 0.05) is 6.20 Å². The minimum Gasteiger partial charge on any atom is -0.397 e. The van der Waals surface area contributed by atoms with Crippen molar-refractivity contribution in [3.63, 3.8) is 0 Å². The van der Waals surface area contributed by atoms with Gasteiger partial charge in [-0.25, -0.2) is 18.1 Å². The highest BCUT2D eigenvalue weighted by atomic mass is 32.2. The number of nitrogens with two attached hydrogens (primary N) is 1. The number of aromatic nitrogens is 1. The third kappa shape index (κ3) is 2.69. The third-order valence-corrected chi connectivity index (χ3v) is 3.62. The van der Waals surface area contributed by atoms with E-state index >= 15 is 0 Å². The summed E-state index contributed by atoms with van der Waals surface area (Å²) < 4.78 is 24.8. The molecule has 0 spiro atoms. The standard InChI is InChI=1S/C9H13N3O3S/c1-6(2)16(14,15)12-9(13)8-7(10)4-3-5-11-8/h3-6H,10H2,1-2H3,(H,12,13). The number of nitrogen functional groups attached to an aromatic ring is 1. The zero-order chi connectivity index (χ0) is 12.3. The van der Waals surface area contributed by atoms with Gasteiger partial charge in [0.2, 0.25) is 10.0 Å². The fraction of sp³-hybridized carbons (Fsp3) is 0.333. The van der Waals surface area contributed by atoms with E-state index < -0.39 is 21.2 Å². The lowest BCUT2D eigenvalue weighted by Crippen LogP contribution is -2.36. The first-order chi connectivity index (χ1) is 7.34. The molecule has 0 saturated carbocycles. The van der Waals surface area contributed by atoms with Gasteiger partial charge < -0.3 is 5.73 Å². The summed E-state index contributed by atoms with van der Waals surface area (Å²) in [4.78, 5) is 15.3. The van der Waals surface area contributed by atoms with E-state index in [0.29, 0.717) is 0 Å². The van der Waals surface area contributed by atoms with Gasteiger partial charge in [0.05, 0.1) is 10.9 Å². The van der Waals surface area contributed by atoms with E-state index in [1.54, 1.807) is 6.07 Å². The Morgan fingerprint density at radius 3 is 2.62 bits per heavy atom. The monoisotopic (exact) mass is 243 g/mol. The van der Waals surface area contributed by atoms with Gasteiger partial charge in [0.15, 0.2) is 5.69 Å². The molecule has 0 fully saturated rings. The number of anilines is 1. The van der Waals surface area contributed by atoms with Crippen LogP contribution in [0, 0.1) is 0 Å². The van der Waals surface area contributed by atoms with Crippen LogP contribution in [0.5, 0.6) is 0 Å². The van der Waals surface area contributed by atoms with Crippen molar-refractivity contribution in [1.29, 1.82) is 0 Å². The Balaban J connectivity index is 2.94. The summed E-state index contributed by atoms with van der Waals surface area (Å²) in [6, 6.07) is 3.03. The summed E-state index contributed by atoms with van der Waals surface area (Å²) in [6.45, 7) is 2.94. The second-order valence-corrected chi connectivity index (χ2v) is 5.70. The Morgan fingerprint density at radius 2 is 2.12 bits per heavy atom. The highest BCUT2D eigenvalue weighted by Gasteiger charge is 2.21. The Morgan fingerprint density at radius 1 is 1.50 bits per heavy atom. The zero-order valence-corrected chi connectivity index (χ0v) is 9.78. The van der Waals surface area contributed by atoms with Crippen LogP contribution in [0.4, 0.5) is 5.69 Å². The van der Waals surface area contributed by atoms with E-state index in [2.05, 4.69) is 4.98 Å². The van der Waals surface area contributed by atoms with Gasteiger partial charge in [-0.15, -0.1) is 0 Å². The number of amides is 1. The number of pyridine rings is 1. The van der Waals surface area contributed by atoms with Gasteiger partial charge in [0.1, 0.15) is 0 Å². The van der Waals surface area contributed by atoms with E-state index in [0.717, 1.165) is 0 Å². The number of hydrogen-bond donors (Lipinski definition) is 2. The first kappa shape index (κ1) is 12.4. The van der Waals surface area contributed by atoms with E-state index in [1.165, 1.54) is 26.1 Å². The maximum absolute atomic E-state index is 11.6. The second-order valence-electron chi connectivity index (χ2n) is 3.47. The molecule has 0 aliphatic carbocycles. The molecule has 0 bridgehead atoms. The highest BCUT2D eigenvalue weighted by Crippen LogP contribution is 2.07. The fourth-order valence-electron chi connectivity index (χ4n) is 0.903. The number of rotatable bonds is 3. The molecule has 0 aromatic carbocycles. The molecule has 1 amide bonds. The van der Waals surface area contributed by atoms with Gasteiger partial charge in [-0.2, -0.15) is 0 Å². The van der Waals surface area contributed by atoms with Crippen molar-refractivity contribution >= 4 is 21.6 Å². The molecule has 0 saturated heterocycles. The van der Waals surface area contributed by atoms with Gasteiger partial charge >= 0.3 is 0 Å². The van der Waals surface area contributed by atoms with Crippen molar-refractivity contribution in [2.75, 3.05) is 5.73 Å². The summed E-state index contributed by atoms with van der Waals surface area (Å²) >= 11 is 0. The molecule has 16 heavy (non-hydrogen) atoms. The van der Waals surface area contributed by atoms with Crippen LogP contribution in [-0.4, -0.2) is 24.6 Å². The summed E-state index contributed by atoms with van der Waals surface area (Å²) in [7, 11) is -3.66. The molecule has 6 nitrogen and oxygen atoms in total. The SMILES string of the molecule is CC(C)S(=O)(=O)NC(=O)c1ncccc1N. The lowest BCUT2D eigenvalue weighted by molar-refractivity contribution is 0.0977. The predicted molar refractivity (Wildman–Crippen MR) is 60.2 cm³/mol. The minimum atomic E-state index is -3.66. The largest absolute Gasteiger partial charge is 0.397 e. The summed E-state index contributed by atoms with van der Waals surface area (Å²) in [6.07, 6.45) is 1.37. The second kappa shape index (κ2) is 4.48. The van der Waals surface area contributed by atoms with Crippen LogP contribution in [0.1, 0.15) is 24.3 Å². The Hall–Kier alpha value is -1.63. The average Bonchev–Trinajstić information content (AvgIpc) is 2.17. The van der Waals surface area contributed by atoms with Crippen molar-refractivity contribution in [1.82, 2.24) is 9.71 Å². The van der Waals surface area contributed by atoms with Crippen molar-refractivity contribution in [3.8, 4) is 0 Å². The number of nitrogens with one attached hydrogen (secondary N) is 1. The fourth-order valence-corrected chi connectivity index (χ4v) is 1.49. The molecule has 0 radical (unpaired) electrons. The van der Waals surface area contributed by atoms with Gasteiger partial charge in [-0.05, 0) is 26.0 Å². The van der Waals surface area contributed by atoms with E-state index in [1.807, 2.05) is 4.72 Å². The normalized spacial score (nSPS) is 11.4. The topological polar surface area (TPSA) is 102 Å². The molecular formula is C9H13N3O3S. The third-order valence-electron chi connectivity index (χ3n) is 1.91. The molecular weight excluding hydrogens is 230 g/mol. The molecule has 0 aliphatic heterocycles. The molecule has 0 aliphatic rings. The first-order valence-corrected chi connectivity index (χ1v) is 6.15. The molecule has 1 aromatic rings. The maximum Gasteiger partial charge on any atom is 0.285 e. The summed E-state index contributed by atoms with van der Waals surface area (Å²) in [5, 5.41) is -0.693. The molecule has 1 heterocycles. The molecule has 7 heteroatoms. The zero-order valence-electron chi connectivity index (χ0n) is 8.97. The Labute approximate surface area is 93.9 Å². The van der Waals surface area contributed by atoms with E-state index in [4.69, 9.17) is 5.73 Å². The smallest absolute Gasteiger partial charge is 0.285 e. The van der Waals surface area contributed by atoms with Gasteiger partial charge in [-0.1, -0.05) is 0 Å².